The Morgan fingerprint density at radius 3 is 2.41 bits per heavy atom. The molecule has 5 nitrogen and oxygen atoms in total. The molecule has 1 amide bonds. The molecule has 152 valence electrons. The van der Waals surface area contributed by atoms with Crippen LogP contribution in [0.1, 0.15) is 23.8 Å². The highest BCUT2D eigenvalue weighted by Crippen LogP contribution is 2.23. The van der Waals surface area contributed by atoms with Crippen molar-refractivity contribution in [1.29, 1.82) is 0 Å². The summed E-state index contributed by atoms with van der Waals surface area (Å²) in [5, 5.41) is 3.05. The summed E-state index contributed by atoms with van der Waals surface area (Å²) in [7, 11) is 5.67. The maximum absolute atomic E-state index is 12.4. The van der Waals surface area contributed by atoms with Gasteiger partial charge in [0, 0.05) is 24.9 Å². The molecule has 0 saturated heterocycles. The maximum Gasteiger partial charge on any atom is 0.220 e. The van der Waals surface area contributed by atoms with Crippen molar-refractivity contribution in [1.82, 2.24) is 10.2 Å². The van der Waals surface area contributed by atoms with Gasteiger partial charge in [-0.2, -0.15) is 0 Å². The van der Waals surface area contributed by atoms with E-state index in [1.165, 1.54) is 0 Å². The zero-order valence-corrected chi connectivity index (χ0v) is 17.2. The molecule has 29 heavy (non-hydrogen) atoms. The Balaban J connectivity index is 1.51. The standard InChI is InChI=1S/C24H28N2O3/c1-26(2)22(18-9-11-20(28-3)12-10-18)17-25-24(27)16-14-21-13-15-23(29-21)19-7-5-4-6-8-19/h4-13,15,22H,14,16-17H2,1-3H3,(H,25,27). The summed E-state index contributed by atoms with van der Waals surface area (Å²) in [6.07, 6.45) is 0.971. The highest BCUT2D eigenvalue weighted by atomic mass is 16.5. The highest BCUT2D eigenvalue weighted by molar-refractivity contribution is 5.76. The van der Waals surface area contributed by atoms with Gasteiger partial charge in [0.15, 0.2) is 0 Å². The van der Waals surface area contributed by atoms with Crippen LogP contribution in [-0.2, 0) is 11.2 Å². The highest BCUT2D eigenvalue weighted by Gasteiger charge is 2.16. The molecule has 0 aliphatic heterocycles. The van der Waals surface area contributed by atoms with Crippen molar-refractivity contribution in [2.45, 2.75) is 18.9 Å². The van der Waals surface area contributed by atoms with Crippen molar-refractivity contribution in [3.8, 4) is 17.1 Å². The lowest BCUT2D eigenvalue weighted by molar-refractivity contribution is -0.121. The van der Waals surface area contributed by atoms with E-state index >= 15 is 0 Å². The number of methoxy groups -OCH3 is 1. The van der Waals surface area contributed by atoms with Gasteiger partial charge >= 0.3 is 0 Å². The molecule has 0 saturated carbocycles. The fourth-order valence-corrected chi connectivity index (χ4v) is 3.23. The number of rotatable bonds is 9. The molecule has 5 heteroatoms. The lowest BCUT2D eigenvalue weighted by Crippen LogP contribution is -2.34. The molecule has 3 aromatic rings. The second kappa shape index (κ2) is 9.94. The van der Waals surface area contributed by atoms with Gasteiger partial charge in [-0.25, -0.2) is 0 Å². The van der Waals surface area contributed by atoms with E-state index in [-0.39, 0.29) is 11.9 Å². The minimum Gasteiger partial charge on any atom is -0.497 e. The number of carbonyl (C=O) groups is 1. The number of furan rings is 1. The number of hydrogen-bond acceptors (Lipinski definition) is 4. The molecule has 0 bridgehead atoms. The van der Waals surface area contributed by atoms with Crippen LogP contribution in [-0.4, -0.2) is 38.6 Å². The van der Waals surface area contributed by atoms with E-state index in [2.05, 4.69) is 10.2 Å². The average molecular weight is 392 g/mol. The van der Waals surface area contributed by atoms with Crippen LogP contribution in [0.5, 0.6) is 5.75 Å². The zero-order valence-electron chi connectivity index (χ0n) is 17.2. The molecule has 1 N–H and O–H groups in total. The molecular weight excluding hydrogens is 364 g/mol. The van der Waals surface area contributed by atoms with Crippen LogP contribution in [0.3, 0.4) is 0 Å². The Morgan fingerprint density at radius 2 is 1.76 bits per heavy atom. The topological polar surface area (TPSA) is 54.7 Å². The Kier molecular flexibility index (Phi) is 7.09. The van der Waals surface area contributed by atoms with Crippen LogP contribution in [0.25, 0.3) is 11.3 Å². The van der Waals surface area contributed by atoms with Gasteiger partial charge in [-0.05, 0) is 43.9 Å². The lowest BCUT2D eigenvalue weighted by Gasteiger charge is -2.25. The second-order valence-corrected chi connectivity index (χ2v) is 7.19. The van der Waals surface area contributed by atoms with E-state index in [1.807, 2.05) is 80.8 Å². The molecule has 1 aromatic heterocycles. The van der Waals surface area contributed by atoms with E-state index < -0.39 is 0 Å². The molecule has 2 aromatic carbocycles. The number of likely N-dealkylation sites (N-methyl/N-ethyl adjacent to an activating group) is 1. The van der Waals surface area contributed by atoms with E-state index in [9.17, 15) is 4.79 Å². The first kappa shape index (κ1) is 20.7. The number of benzene rings is 2. The third-order valence-electron chi connectivity index (χ3n) is 4.93. The molecule has 0 aliphatic carbocycles. The van der Waals surface area contributed by atoms with Gasteiger partial charge in [0.2, 0.25) is 5.91 Å². The molecule has 1 heterocycles. The molecule has 1 unspecified atom stereocenters. The fraction of sp³-hybridized carbons (Fsp3) is 0.292. The van der Waals surface area contributed by atoms with E-state index in [1.54, 1.807) is 7.11 Å². The van der Waals surface area contributed by atoms with Crippen molar-refractivity contribution in [2.75, 3.05) is 27.7 Å². The quantitative estimate of drug-likeness (QED) is 0.590. The first-order valence-corrected chi connectivity index (χ1v) is 9.78. The molecule has 3 rings (SSSR count). The van der Waals surface area contributed by atoms with Gasteiger partial charge in [0.25, 0.3) is 0 Å². The predicted octanol–water partition coefficient (Wildman–Crippen LogP) is 4.31. The van der Waals surface area contributed by atoms with Gasteiger partial charge < -0.3 is 19.4 Å². The van der Waals surface area contributed by atoms with E-state index in [0.29, 0.717) is 19.4 Å². The summed E-state index contributed by atoms with van der Waals surface area (Å²) < 4.78 is 11.1. The SMILES string of the molecule is COc1ccc(C(CNC(=O)CCc2ccc(-c3ccccc3)o2)N(C)C)cc1. The Hall–Kier alpha value is -3.05. The maximum atomic E-state index is 12.4. The number of nitrogens with zero attached hydrogens (tertiary/aromatic N) is 1. The van der Waals surface area contributed by atoms with Crippen LogP contribution in [0.15, 0.2) is 71.1 Å². The second-order valence-electron chi connectivity index (χ2n) is 7.19. The first-order valence-electron chi connectivity index (χ1n) is 9.78. The molecule has 0 fully saturated rings. The minimum absolute atomic E-state index is 0.0167. The summed E-state index contributed by atoms with van der Waals surface area (Å²) in [4.78, 5) is 14.5. The molecule has 0 aliphatic rings. The predicted molar refractivity (Wildman–Crippen MR) is 115 cm³/mol. The third-order valence-corrected chi connectivity index (χ3v) is 4.93. The van der Waals surface area contributed by atoms with Crippen LogP contribution in [0.4, 0.5) is 0 Å². The van der Waals surface area contributed by atoms with Crippen LogP contribution in [0.2, 0.25) is 0 Å². The summed E-state index contributed by atoms with van der Waals surface area (Å²) in [6, 6.07) is 21.9. The van der Waals surface area contributed by atoms with E-state index in [4.69, 9.17) is 9.15 Å². The normalized spacial score (nSPS) is 12.0. The van der Waals surface area contributed by atoms with Gasteiger partial charge in [-0.3, -0.25) is 4.79 Å². The van der Waals surface area contributed by atoms with Crippen LogP contribution in [0, 0.1) is 0 Å². The number of hydrogen-bond donors (Lipinski definition) is 1. The van der Waals surface area contributed by atoms with Gasteiger partial charge in [-0.1, -0.05) is 42.5 Å². The molecule has 1 atom stereocenters. The molecule has 0 spiro atoms. The summed E-state index contributed by atoms with van der Waals surface area (Å²) in [5.74, 6) is 2.48. The van der Waals surface area contributed by atoms with Gasteiger partial charge in [0.1, 0.15) is 17.3 Å². The largest absolute Gasteiger partial charge is 0.497 e. The number of carbonyl (C=O) groups excluding carboxylic acids is 1. The summed E-state index contributed by atoms with van der Waals surface area (Å²) in [6.45, 7) is 0.547. The Labute approximate surface area is 172 Å². The lowest BCUT2D eigenvalue weighted by atomic mass is 10.1. The number of aryl methyl sites for hydroxylation is 1. The Morgan fingerprint density at radius 1 is 1.03 bits per heavy atom. The van der Waals surface area contributed by atoms with Crippen molar-refractivity contribution >= 4 is 5.91 Å². The van der Waals surface area contributed by atoms with Crippen molar-refractivity contribution in [2.24, 2.45) is 0 Å². The third kappa shape index (κ3) is 5.72. The number of nitrogens with one attached hydrogen (secondary N) is 1. The van der Waals surface area contributed by atoms with Gasteiger partial charge in [-0.15, -0.1) is 0 Å². The van der Waals surface area contributed by atoms with Crippen LogP contribution >= 0.6 is 0 Å². The fourth-order valence-electron chi connectivity index (χ4n) is 3.23. The van der Waals surface area contributed by atoms with Gasteiger partial charge in [0.05, 0.1) is 13.2 Å². The summed E-state index contributed by atoms with van der Waals surface area (Å²) in [5.41, 5.74) is 2.17. The smallest absolute Gasteiger partial charge is 0.220 e. The minimum atomic E-state index is 0.0167. The van der Waals surface area contributed by atoms with Crippen molar-refractivity contribution in [3.63, 3.8) is 0 Å². The number of amides is 1. The first-order chi connectivity index (χ1) is 14.1. The monoisotopic (exact) mass is 392 g/mol. The zero-order chi connectivity index (χ0) is 20.6. The molecular formula is C24H28N2O3. The summed E-state index contributed by atoms with van der Waals surface area (Å²) >= 11 is 0. The van der Waals surface area contributed by atoms with Crippen molar-refractivity contribution < 1.29 is 13.9 Å². The molecule has 0 radical (unpaired) electrons. The average Bonchev–Trinajstić information content (AvgIpc) is 3.22. The van der Waals surface area contributed by atoms with Crippen molar-refractivity contribution in [3.05, 3.63) is 78.1 Å². The van der Waals surface area contributed by atoms with Crippen LogP contribution < -0.4 is 10.1 Å². The Bertz CT molecular complexity index is 901. The van der Waals surface area contributed by atoms with E-state index in [0.717, 1.165) is 28.4 Å². The number of ether oxygens (including phenoxy) is 1.